The summed E-state index contributed by atoms with van der Waals surface area (Å²) < 4.78 is 33.6. The molecular formula is C28H34N2O4S2. The molecule has 1 amide bonds. The summed E-state index contributed by atoms with van der Waals surface area (Å²) in [7, 11) is -3.95. The normalized spacial score (nSPS) is 11.2. The molecule has 0 unspecified atom stereocenters. The van der Waals surface area contributed by atoms with E-state index in [4.69, 9.17) is 4.74 Å². The summed E-state index contributed by atoms with van der Waals surface area (Å²) in [5.41, 5.74) is 3.97. The Morgan fingerprint density at radius 3 is 2.14 bits per heavy atom. The Bertz CT molecular complexity index is 1210. The first-order valence-electron chi connectivity index (χ1n) is 12.0. The van der Waals surface area contributed by atoms with Crippen molar-refractivity contribution in [3.05, 3.63) is 89.5 Å². The quantitative estimate of drug-likeness (QED) is 0.305. The number of anilines is 1. The number of nitrogens with one attached hydrogen (secondary N) is 1. The Morgan fingerprint density at radius 2 is 1.53 bits per heavy atom. The molecule has 192 valence electrons. The van der Waals surface area contributed by atoms with Gasteiger partial charge in [-0.3, -0.25) is 9.10 Å². The number of ether oxygens (including phenoxy) is 1. The van der Waals surface area contributed by atoms with E-state index < -0.39 is 10.0 Å². The zero-order valence-corrected chi connectivity index (χ0v) is 22.7. The van der Waals surface area contributed by atoms with Gasteiger partial charge in [0.15, 0.2) is 0 Å². The third-order valence-corrected chi connectivity index (χ3v) is 8.41. The summed E-state index contributed by atoms with van der Waals surface area (Å²) in [5, 5.41) is 2.87. The van der Waals surface area contributed by atoms with E-state index in [1.807, 2.05) is 37.7 Å². The number of benzene rings is 3. The molecule has 0 aromatic heterocycles. The van der Waals surface area contributed by atoms with Gasteiger partial charge < -0.3 is 10.1 Å². The Hall–Kier alpha value is -2.97. The molecule has 0 fully saturated rings. The number of amides is 1. The van der Waals surface area contributed by atoms with Crippen molar-refractivity contribution >= 4 is 33.4 Å². The molecular weight excluding hydrogens is 492 g/mol. The number of rotatable bonds is 13. The fraction of sp³-hybridized carbons (Fsp3) is 0.321. The fourth-order valence-electron chi connectivity index (χ4n) is 3.49. The highest BCUT2D eigenvalue weighted by atomic mass is 32.2. The van der Waals surface area contributed by atoms with E-state index in [1.54, 1.807) is 24.3 Å². The van der Waals surface area contributed by atoms with Crippen LogP contribution in [0.4, 0.5) is 5.69 Å². The van der Waals surface area contributed by atoms with Crippen LogP contribution >= 0.6 is 11.8 Å². The first kappa shape index (κ1) is 27.6. The summed E-state index contributed by atoms with van der Waals surface area (Å²) in [6, 6.07) is 21.8. The van der Waals surface area contributed by atoms with Gasteiger partial charge in [0.05, 0.1) is 17.2 Å². The van der Waals surface area contributed by atoms with Crippen molar-refractivity contribution < 1.29 is 17.9 Å². The van der Waals surface area contributed by atoms with Crippen LogP contribution in [0, 0.1) is 13.8 Å². The number of carbonyl (C=O) groups is 1. The molecule has 0 aliphatic heterocycles. The van der Waals surface area contributed by atoms with Crippen LogP contribution < -0.4 is 14.4 Å². The highest BCUT2D eigenvalue weighted by molar-refractivity contribution is 7.98. The van der Waals surface area contributed by atoms with Crippen LogP contribution in [0.5, 0.6) is 5.75 Å². The standard InChI is InChI=1S/C28H34N2O4S2/c1-4-34-26-14-16-27(17-15-26)36(32,33)30(25-12-8-23(3)9-13-25)20-28(31)29-18-5-19-35-21-24-10-6-22(2)7-11-24/h6-17H,4-5,18-21H2,1-3H3,(H,29,31). The minimum Gasteiger partial charge on any atom is -0.494 e. The highest BCUT2D eigenvalue weighted by Crippen LogP contribution is 2.25. The van der Waals surface area contributed by atoms with Gasteiger partial charge in [0, 0.05) is 12.3 Å². The molecule has 8 heteroatoms. The summed E-state index contributed by atoms with van der Waals surface area (Å²) in [6.45, 7) is 6.55. The van der Waals surface area contributed by atoms with Crippen LogP contribution in [0.2, 0.25) is 0 Å². The molecule has 0 aliphatic carbocycles. The topological polar surface area (TPSA) is 75.7 Å². The second kappa shape index (κ2) is 13.4. The third-order valence-electron chi connectivity index (χ3n) is 5.51. The van der Waals surface area contributed by atoms with Gasteiger partial charge in [-0.1, -0.05) is 47.5 Å². The molecule has 3 aromatic carbocycles. The predicted octanol–water partition coefficient (Wildman–Crippen LogP) is 5.34. The summed E-state index contributed by atoms with van der Waals surface area (Å²) >= 11 is 1.81. The van der Waals surface area contributed by atoms with E-state index in [0.717, 1.165) is 27.8 Å². The molecule has 0 spiro atoms. The zero-order chi connectivity index (χ0) is 26.0. The lowest BCUT2D eigenvalue weighted by Gasteiger charge is -2.24. The predicted molar refractivity (Wildman–Crippen MR) is 148 cm³/mol. The zero-order valence-electron chi connectivity index (χ0n) is 21.1. The van der Waals surface area contributed by atoms with E-state index in [2.05, 4.69) is 36.5 Å². The molecule has 0 saturated carbocycles. The van der Waals surface area contributed by atoms with Gasteiger partial charge in [-0.05, 0) is 74.9 Å². The SMILES string of the molecule is CCOc1ccc(S(=O)(=O)N(CC(=O)NCCCSCc2ccc(C)cc2)c2ccc(C)cc2)cc1. The maximum absolute atomic E-state index is 13.5. The molecule has 0 radical (unpaired) electrons. The van der Waals surface area contributed by atoms with E-state index in [0.29, 0.717) is 24.6 Å². The number of carbonyl (C=O) groups excluding carboxylic acids is 1. The molecule has 0 aliphatic rings. The number of nitrogens with zero attached hydrogens (tertiary/aromatic N) is 1. The Kier molecular flexibility index (Phi) is 10.3. The number of hydrogen-bond donors (Lipinski definition) is 1. The molecule has 36 heavy (non-hydrogen) atoms. The van der Waals surface area contributed by atoms with Gasteiger partial charge in [0.2, 0.25) is 5.91 Å². The van der Waals surface area contributed by atoms with Crippen molar-refractivity contribution in [1.82, 2.24) is 5.32 Å². The molecule has 0 heterocycles. The number of sulfonamides is 1. The summed E-state index contributed by atoms with van der Waals surface area (Å²) in [4.78, 5) is 12.9. The van der Waals surface area contributed by atoms with Crippen molar-refractivity contribution in [2.75, 3.05) is 29.8 Å². The Morgan fingerprint density at radius 1 is 0.917 bits per heavy atom. The van der Waals surface area contributed by atoms with Gasteiger partial charge in [0.25, 0.3) is 10.0 Å². The molecule has 1 N–H and O–H groups in total. The number of aryl methyl sites for hydroxylation is 2. The van der Waals surface area contributed by atoms with E-state index >= 15 is 0 Å². The van der Waals surface area contributed by atoms with Crippen LogP contribution in [-0.4, -0.2) is 39.8 Å². The summed E-state index contributed by atoms with van der Waals surface area (Å²) in [6.07, 6.45) is 0.804. The van der Waals surface area contributed by atoms with Gasteiger partial charge >= 0.3 is 0 Å². The molecule has 0 bridgehead atoms. The lowest BCUT2D eigenvalue weighted by molar-refractivity contribution is -0.119. The largest absolute Gasteiger partial charge is 0.494 e. The average Bonchev–Trinajstić information content (AvgIpc) is 2.87. The van der Waals surface area contributed by atoms with Gasteiger partial charge in [-0.2, -0.15) is 11.8 Å². The second-order valence-electron chi connectivity index (χ2n) is 8.49. The van der Waals surface area contributed by atoms with E-state index in [9.17, 15) is 13.2 Å². The fourth-order valence-corrected chi connectivity index (χ4v) is 5.83. The average molecular weight is 527 g/mol. The molecule has 0 saturated heterocycles. The Balaban J connectivity index is 1.59. The van der Waals surface area contributed by atoms with Crippen LogP contribution in [-0.2, 0) is 20.6 Å². The van der Waals surface area contributed by atoms with Gasteiger partial charge in [-0.15, -0.1) is 0 Å². The molecule has 3 aromatic rings. The number of thioether (sulfide) groups is 1. The van der Waals surface area contributed by atoms with Crippen LogP contribution in [0.15, 0.2) is 77.7 Å². The maximum atomic E-state index is 13.5. The summed E-state index contributed by atoms with van der Waals surface area (Å²) in [5.74, 6) is 2.08. The number of hydrogen-bond acceptors (Lipinski definition) is 5. The minimum atomic E-state index is -3.95. The van der Waals surface area contributed by atoms with E-state index in [1.165, 1.54) is 23.3 Å². The van der Waals surface area contributed by atoms with Gasteiger partial charge in [0.1, 0.15) is 12.3 Å². The van der Waals surface area contributed by atoms with Crippen LogP contribution in [0.1, 0.15) is 30.0 Å². The molecule has 3 rings (SSSR count). The first-order valence-corrected chi connectivity index (χ1v) is 14.6. The highest BCUT2D eigenvalue weighted by Gasteiger charge is 2.27. The van der Waals surface area contributed by atoms with E-state index in [-0.39, 0.29) is 17.3 Å². The van der Waals surface area contributed by atoms with Crippen molar-refractivity contribution in [2.24, 2.45) is 0 Å². The van der Waals surface area contributed by atoms with Crippen molar-refractivity contribution in [3.63, 3.8) is 0 Å². The monoisotopic (exact) mass is 526 g/mol. The lowest BCUT2D eigenvalue weighted by atomic mass is 10.2. The van der Waals surface area contributed by atoms with Crippen molar-refractivity contribution in [2.45, 2.75) is 37.8 Å². The van der Waals surface area contributed by atoms with Crippen molar-refractivity contribution in [1.29, 1.82) is 0 Å². The minimum absolute atomic E-state index is 0.104. The smallest absolute Gasteiger partial charge is 0.264 e. The van der Waals surface area contributed by atoms with Gasteiger partial charge in [-0.25, -0.2) is 8.42 Å². The van der Waals surface area contributed by atoms with Crippen LogP contribution in [0.25, 0.3) is 0 Å². The Labute approximate surface area is 219 Å². The van der Waals surface area contributed by atoms with Crippen LogP contribution in [0.3, 0.4) is 0 Å². The first-order chi connectivity index (χ1) is 17.3. The maximum Gasteiger partial charge on any atom is 0.264 e. The molecule has 6 nitrogen and oxygen atoms in total. The molecule has 0 atom stereocenters. The second-order valence-corrected chi connectivity index (χ2v) is 11.5. The third kappa shape index (κ3) is 8.03. The van der Waals surface area contributed by atoms with Crippen molar-refractivity contribution in [3.8, 4) is 5.75 Å². The lowest BCUT2D eigenvalue weighted by Crippen LogP contribution is -2.41.